The SMILES string of the molecule is O=c1ccc2ncc(F)c3c2n1C[C@@]3(O)CC12CCC(NC/C(F)=C\c3cc(F)ccc3F)(CC1)CO2. The summed E-state index contributed by atoms with van der Waals surface area (Å²) in [5.41, 5.74) is -2.52. The molecule has 6 nitrogen and oxygen atoms in total. The lowest BCUT2D eigenvalue weighted by atomic mass is 9.67. The minimum atomic E-state index is -1.63. The van der Waals surface area contributed by atoms with Gasteiger partial charge in [-0.05, 0) is 56.0 Å². The Balaban J connectivity index is 1.17. The maximum atomic E-state index is 14.9. The highest BCUT2D eigenvalue weighted by molar-refractivity contribution is 5.81. The summed E-state index contributed by atoms with van der Waals surface area (Å²) in [7, 11) is 0. The van der Waals surface area contributed by atoms with E-state index in [1.54, 1.807) is 0 Å². The van der Waals surface area contributed by atoms with Crippen LogP contribution in [0.3, 0.4) is 0 Å². The zero-order valence-corrected chi connectivity index (χ0v) is 19.9. The molecule has 7 rings (SSSR count). The van der Waals surface area contributed by atoms with Crippen molar-refractivity contribution in [3.8, 4) is 0 Å². The van der Waals surface area contributed by atoms with E-state index in [0.717, 1.165) is 30.5 Å². The summed E-state index contributed by atoms with van der Waals surface area (Å²) in [5.74, 6) is -2.67. The van der Waals surface area contributed by atoms with E-state index < -0.39 is 40.0 Å². The summed E-state index contributed by atoms with van der Waals surface area (Å²) in [6.07, 6.45) is 4.51. The van der Waals surface area contributed by atoms with E-state index in [1.807, 2.05) is 0 Å². The molecule has 2 aromatic heterocycles. The molecule has 5 heterocycles. The molecular formula is C27H25F4N3O3. The van der Waals surface area contributed by atoms with Gasteiger partial charge in [-0.2, -0.15) is 0 Å². The molecule has 1 aliphatic carbocycles. The summed E-state index contributed by atoms with van der Waals surface area (Å²) in [5, 5.41) is 14.9. The van der Waals surface area contributed by atoms with Gasteiger partial charge in [-0.15, -0.1) is 0 Å². The van der Waals surface area contributed by atoms with E-state index in [9.17, 15) is 27.5 Å². The summed E-state index contributed by atoms with van der Waals surface area (Å²) >= 11 is 0. The molecule has 1 atom stereocenters. The normalized spacial score (nSPS) is 28.8. The molecule has 1 saturated carbocycles. The predicted molar refractivity (Wildman–Crippen MR) is 128 cm³/mol. The van der Waals surface area contributed by atoms with Gasteiger partial charge in [0, 0.05) is 35.7 Å². The van der Waals surface area contributed by atoms with Gasteiger partial charge in [0.2, 0.25) is 0 Å². The van der Waals surface area contributed by atoms with Crippen LogP contribution in [0.1, 0.15) is 43.2 Å². The summed E-state index contributed by atoms with van der Waals surface area (Å²) < 4.78 is 64.3. The van der Waals surface area contributed by atoms with Crippen molar-refractivity contribution in [2.24, 2.45) is 0 Å². The lowest BCUT2D eigenvalue weighted by molar-refractivity contribution is -0.192. The summed E-state index contributed by atoms with van der Waals surface area (Å²) in [6.45, 7) is 0.00275. The molecule has 2 saturated heterocycles. The van der Waals surface area contributed by atoms with Crippen LogP contribution in [0.2, 0.25) is 0 Å². The van der Waals surface area contributed by atoms with Crippen molar-refractivity contribution in [1.82, 2.24) is 14.9 Å². The molecule has 1 aromatic carbocycles. The van der Waals surface area contributed by atoms with Gasteiger partial charge in [0.05, 0.1) is 36.0 Å². The Hall–Kier alpha value is -3.08. The van der Waals surface area contributed by atoms with Crippen molar-refractivity contribution in [2.75, 3.05) is 13.2 Å². The number of hydrogen-bond donors (Lipinski definition) is 2. The number of halogens is 4. The molecule has 3 aliphatic heterocycles. The van der Waals surface area contributed by atoms with Crippen LogP contribution in [0.5, 0.6) is 0 Å². The highest BCUT2D eigenvalue weighted by Gasteiger charge is 2.55. The number of aliphatic hydroxyl groups is 1. The second kappa shape index (κ2) is 8.47. The molecule has 10 heteroatoms. The third-order valence-corrected chi connectivity index (χ3v) is 8.13. The molecule has 37 heavy (non-hydrogen) atoms. The summed E-state index contributed by atoms with van der Waals surface area (Å²) in [6, 6.07) is 5.74. The Morgan fingerprint density at radius 3 is 2.65 bits per heavy atom. The molecule has 194 valence electrons. The van der Waals surface area contributed by atoms with Gasteiger partial charge in [0.15, 0.2) is 0 Å². The van der Waals surface area contributed by atoms with Gasteiger partial charge in [-0.1, -0.05) is 0 Å². The molecule has 2 bridgehead atoms. The molecule has 3 fully saturated rings. The fourth-order valence-corrected chi connectivity index (χ4v) is 6.19. The number of rotatable bonds is 6. The van der Waals surface area contributed by atoms with E-state index in [2.05, 4.69) is 10.3 Å². The van der Waals surface area contributed by atoms with Crippen LogP contribution in [0.15, 0.2) is 47.2 Å². The quantitative estimate of drug-likeness (QED) is 0.484. The van der Waals surface area contributed by atoms with Crippen molar-refractivity contribution < 1.29 is 27.4 Å². The smallest absolute Gasteiger partial charge is 0.251 e. The molecule has 0 spiro atoms. The Morgan fingerprint density at radius 1 is 1.14 bits per heavy atom. The highest BCUT2D eigenvalue weighted by Crippen LogP contribution is 2.51. The predicted octanol–water partition coefficient (Wildman–Crippen LogP) is 4.09. The van der Waals surface area contributed by atoms with Gasteiger partial charge in [-0.25, -0.2) is 17.6 Å². The minimum Gasteiger partial charge on any atom is -0.383 e. The van der Waals surface area contributed by atoms with Crippen molar-refractivity contribution in [3.63, 3.8) is 0 Å². The van der Waals surface area contributed by atoms with Crippen LogP contribution >= 0.6 is 0 Å². The molecule has 0 radical (unpaired) electrons. The number of nitrogens with zero attached hydrogens (tertiary/aromatic N) is 2. The van der Waals surface area contributed by atoms with Crippen LogP contribution in [-0.2, 0) is 16.9 Å². The number of benzene rings is 1. The van der Waals surface area contributed by atoms with Crippen LogP contribution in [0, 0.1) is 17.5 Å². The van der Waals surface area contributed by atoms with Gasteiger partial charge in [0.25, 0.3) is 5.56 Å². The van der Waals surface area contributed by atoms with E-state index in [4.69, 9.17) is 4.74 Å². The van der Waals surface area contributed by atoms with Crippen LogP contribution in [0.25, 0.3) is 17.1 Å². The molecule has 2 N–H and O–H groups in total. The van der Waals surface area contributed by atoms with Gasteiger partial charge in [0.1, 0.15) is 28.9 Å². The third-order valence-electron chi connectivity index (χ3n) is 8.13. The van der Waals surface area contributed by atoms with Gasteiger partial charge < -0.3 is 19.7 Å². The fraction of sp³-hybridized carbons (Fsp3) is 0.407. The lowest BCUT2D eigenvalue weighted by Crippen LogP contribution is -2.63. The Labute approximate surface area is 209 Å². The first kappa shape index (κ1) is 24.3. The van der Waals surface area contributed by atoms with E-state index in [-0.39, 0.29) is 42.8 Å². The molecule has 3 aromatic rings. The number of aromatic nitrogens is 2. The van der Waals surface area contributed by atoms with E-state index >= 15 is 0 Å². The number of pyridine rings is 2. The second-order valence-electron chi connectivity index (χ2n) is 10.5. The third kappa shape index (κ3) is 4.07. The van der Waals surface area contributed by atoms with Crippen molar-refractivity contribution in [2.45, 2.75) is 55.4 Å². The summed E-state index contributed by atoms with van der Waals surface area (Å²) in [4.78, 5) is 16.5. The standard InChI is InChI=1S/C27H25F4N3O3/c28-17-1-2-19(30)16(9-17)10-18(29)11-33-25-5-7-26(8-6-25,37-15-25)13-27(36)14-34-22(35)4-3-21-24(34)23(27)20(31)12-32-21/h1-4,9-10,12,33,36H,5-8,11,13-15H2/b18-10+/t25?,26?,27-/m0/s1. The first-order chi connectivity index (χ1) is 17.6. The maximum absolute atomic E-state index is 14.9. The number of fused-ring (bicyclic) bond motifs is 3. The zero-order valence-electron chi connectivity index (χ0n) is 19.9. The highest BCUT2D eigenvalue weighted by atomic mass is 19.1. The molecule has 4 aliphatic rings. The molecule has 0 unspecified atom stereocenters. The van der Waals surface area contributed by atoms with Gasteiger partial charge >= 0.3 is 0 Å². The Morgan fingerprint density at radius 2 is 1.92 bits per heavy atom. The Bertz CT molecular complexity index is 1480. The number of hydrogen-bond acceptors (Lipinski definition) is 5. The van der Waals surface area contributed by atoms with Crippen LogP contribution in [0.4, 0.5) is 17.6 Å². The van der Waals surface area contributed by atoms with Crippen molar-refractivity contribution in [3.05, 3.63) is 81.3 Å². The van der Waals surface area contributed by atoms with Crippen molar-refractivity contribution >= 4 is 17.1 Å². The first-order valence-corrected chi connectivity index (χ1v) is 12.2. The van der Waals surface area contributed by atoms with Crippen LogP contribution in [-0.4, -0.2) is 38.9 Å². The van der Waals surface area contributed by atoms with E-state index in [1.165, 1.54) is 16.7 Å². The largest absolute Gasteiger partial charge is 0.383 e. The van der Waals surface area contributed by atoms with Gasteiger partial charge in [-0.3, -0.25) is 9.78 Å². The zero-order chi connectivity index (χ0) is 26.0. The first-order valence-electron chi connectivity index (χ1n) is 12.2. The molecular weight excluding hydrogens is 490 g/mol. The number of ether oxygens (including phenoxy) is 1. The maximum Gasteiger partial charge on any atom is 0.251 e. The van der Waals surface area contributed by atoms with Crippen LogP contribution < -0.4 is 10.9 Å². The minimum absolute atomic E-state index is 0.0745. The topological polar surface area (TPSA) is 76.4 Å². The van der Waals surface area contributed by atoms with E-state index in [0.29, 0.717) is 36.7 Å². The average molecular weight is 516 g/mol. The lowest BCUT2D eigenvalue weighted by Gasteiger charge is -2.55. The molecule has 0 amide bonds. The monoisotopic (exact) mass is 515 g/mol. The Kier molecular flexibility index (Phi) is 5.56. The number of nitrogens with one attached hydrogen (secondary N) is 1. The van der Waals surface area contributed by atoms with Crippen molar-refractivity contribution in [1.29, 1.82) is 0 Å². The average Bonchev–Trinajstić information content (AvgIpc) is 3.19. The fourth-order valence-electron chi connectivity index (χ4n) is 6.19. The second-order valence-corrected chi connectivity index (χ2v) is 10.5.